The van der Waals surface area contributed by atoms with Gasteiger partial charge in [0.15, 0.2) is 0 Å². The highest BCUT2D eigenvalue weighted by Gasteiger charge is 2.19. The van der Waals surface area contributed by atoms with Crippen LogP contribution in [0.5, 0.6) is 0 Å². The molecule has 5 heteroatoms. The van der Waals surface area contributed by atoms with E-state index in [9.17, 15) is 10.1 Å². The number of fused-ring (bicyclic) bond motifs is 1. The maximum atomic E-state index is 11.8. The van der Waals surface area contributed by atoms with E-state index in [1.54, 1.807) is 13.0 Å². The number of ether oxygens (including phenoxy) is 1. The molecule has 1 aromatic carbocycles. The summed E-state index contributed by atoms with van der Waals surface area (Å²) in [6, 6.07) is 14.2. The molecule has 3 rings (SSSR count). The fraction of sp³-hybridized carbons (Fsp3) is 0.227. The molecule has 0 radical (unpaired) electrons. The highest BCUT2D eigenvalue weighted by atomic mass is 16.5. The van der Waals surface area contributed by atoms with Crippen LogP contribution in [0.1, 0.15) is 35.0 Å². The molecule has 0 N–H and O–H groups in total. The Balaban J connectivity index is 2.24. The number of rotatable bonds is 5. The number of carbonyl (C=O) groups is 1. The fourth-order valence-electron chi connectivity index (χ4n) is 3.25. The van der Waals surface area contributed by atoms with E-state index in [-0.39, 0.29) is 0 Å². The minimum absolute atomic E-state index is 0.307. The number of hydrogen-bond donors (Lipinski definition) is 0. The Labute approximate surface area is 158 Å². The van der Waals surface area contributed by atoms with E-state index < -0.39 is 5.97 Å². The molecule has 0 unspecified atom stereocenters. The van der Waals surface area contributed by atoms with Crippen molar-refractivity contribution in [3.63, 3.8) is 0 Å². The summed E-state index contributed by atoms with van der Waals surface area (Å²) in [6.45, 7) is 6.53. The van der Waals surface area contributed by atoms with Gasteiger partial charge in [0.05, 0.1) is 17.9 Å². The van der Waals surface area contributed by atoms with Crippen molar-refractivity contribution in [3.05, 3.63) is 70.6 Å². The lowest BCUT2D eigenvalue weighted by Gasteiger charge is -2.09. The second kappa shape index (κ2) is 7.88. The maximum Gasteiger partial charge on any atom is 0.330 e. The first kappa shape index (κ1) is 18.4. The van der Waals surface area contributed by atoms with Crippen molar-refractivity contribution in [1.29, 1.82) is 5.26 Å². The lowest BCUT2D eigenvalue weighted by molar-refractivity contribution is -0.137. The summed E-state index contributed by atoms with van der Waals surface area (Å²) in [5.74, 6) is -0.432. The highest BCUT2D eigenvalue weighted by Crippen LogP contribution is 2.29. The molecule has 0 aliphatic rings. The molecule has 2 heterocycles. The molecule has 0 saturated carbocycles. The molecule has 3 aromatic rings. The number of benzene rings is 1. The van der Waals surface area contributed by atoms with Gasteiger partial charge in [0, 0.05) is 23.7 Å². The Kier molecular flexibility index (Phi) is 5.37. The molecule has 0 spiro atoms. The third kappa shape index (κ3) is 3.75. The van der Waals surface area contributed by atoms with Gasteiger partial charge in [0.25, 0.3) is 0 Å². The van der Waals surface area contributed by atoms with E-state index in [4.69, 9.17) is 4.74 Å². The Morgan fingerprint density at radius 2 is 2.04 bits per heavy atom. The van der Waals surface area contributed by atoms with Crippen LogP contribution in [0.15, 0.2) is 42.5 Å². The summed E-state index contributed by atoms with van der Waals surface area (Å²) < 4.78 is 6.96. The van der Waals surface area contributed by atoms with E-state index in [1.165, 1.54) is 6.08 Å². The van der Waals surface area contributed by atoms with Gasteiger partial charge in [-0.2, -0.15) is 5.26 Å². The predicted octanol–water partition coefficient (Wildman–Crippen LogP) is 4.15. The van der Waals surface area contributed by atoms with Gasteiger partial charge in [-0.15, -0.1) is 0 Å². The van der Waals surface area contributed by atoms with Gasteiger partial charge >= 0.3 is 5.97 Å². The Bertz CT molecular complexity index is 1060. The van der Waals surface area contributed by atoms with Crippen molar-refractivity contribution < 1.29 is 9.53 Å². The molecule has 27 heavy (non-hydrogen) atoms. The normalized spacial score (nSPS) is 11.0. The van der Waals surface area contributed by atoms with Gasteiger partial charge in [-0.1, -0.05) is 30.3 Å². The third-order valence-electron chi connectivity index (χ3n) is 4.34. The molecule has 5 nitrogen and oxygen atoms in total. The van der Waals surface area contributed by atoms with Gasteiger partial charge in [0.2, 0.25) is 0 Å². The van der Waals surface area contributed by atoms with E-state index in [0.29, 0.717) is 24.4 Å². The fourth-order valence-corrected chi connectivity index (χ4v) is 3.25. The van der Waals surface area contributed by atoms with E-state index in [0.717, 1.165) is 27.9 Å². The topological polar surface area (TPSA) is 67.9 Å². The van der Waals surface area contributed by atoms with Crippen molar-refractivity contribution in [2.24, 2.45) is 0 Å². The number of esters is 1. The number of aryl methyl sites for hydroxylation is 2. The molecular formula is C22H21N3O2. The lowest BCUT2D eigenvalue weighted by Crippen LogP contribution is -2.05. The second-order valence-electron chi connectivity index (χ2n) is 6.31. The largest absolute Gasteiger partial charge is 0.463 e. The van der Waals surface area contributed by atoms with Crippen LogP contribution in [-0.4, -0.2) is 22.1 Å². The molecule has 0 atom stereocenters. The molecule has 0 aliphatic carbocycles. The van der Waals surface area contributed by atoms with Crippen molar-refractivity contribution >= 4 is 23.1 Å². The zero-order valence-electron chi connectivity index (χ0n) is 15.7. The summed E-state index contributed by atoms with van der Waals surface area (Å²) in [5.41, 5.74) is 4.89. The van der Waals surface area contributed by atoms with Gasteiger partial charge < -0.3 is 9.30 Å². The van der Waals surface area contributed by atoms with Crippen LogP contribution >= 0.6 is 0 Å². The van der Waals surface area contributed by atoms with Gasteiger partial charge in [-0.05, 0) is 44.0 Å². The van der Waals surface area contributed by atoms with E-state index in [2.05, 4.69) is 11.1 Å². The average molecular weight is 359 g/mol. The number of nitrogens with zero attached hydrogens (tertiary/aromatic N) is 3. The number of aromatic nitrogens is 2. The first-order chi connectivity index (χ1) is 13.0. The summed E-state index contributed by atoms with van der Waals surface area (Å²) in [5, 5.41) is 10.6. The molecule has 2 aromatic heterocycles. The van der Waals surface area contributed by atoms with E-state index >= 15 is 0 Å². The van der Waals surface area contributed by atoms with Gasteiger partial charge in [-0.25, -0.2) is 9.78 Å². The Hall–Kier alpha value is -3.39. The first-order valence-corrected chi connectivity index (χ1v) is 8.84. The third-order valence-corrected chi connectivity index (χ3v) is 4.34. The molecule has 0 saturated heterocycles. The van der Waals surface area contributed by atoms with Crippen molar-refractivity contribution in [2.75, 3.05) is 6.61 Å². The minimum Gasteiger partial charge on any atom is -0.463 e. The molecule has 0 fully saturated rings. The van der Waals surface area contributed by atoms with Crippen molar-refractivity contribution in [1.82, 2.24) is 9.55 Å². The summed E-state index contributed by atoms with van der Waals surface area (Å²) >= 11 is 0. The van der Waals surface area contributed by atoms with Crippen molar-refractivity contribution in [3.8, 4) is 6.07 Å². The summed E-state index contributed by atoms with van der Waals surface area (Å²) in [7, 11) is 0. The van der Waals surface area contributed by atoms with Crippen LogP contribution in [0.4, 0.5) is 0 Å². The standard InChI is InChI=1S/C22H21N3O2/c1-4-27-20(26)11-10-19-18(13-23)21-15(2)12-16(3)24-22(21)25(19)14-17-8-6-5-7-9-17/h5-12H,4,14H2,1-3H3/b11-10+. The second-order valence-corrected chi connectivity index (χ2v) is 6.31. The summed E-state index contributed by atoms with van der Waals surface area (Å²) in [4.78, 5) is 16.5. The molecular weight excluding hydrogens is 338 g/mol. The molecule has 136 valence electrons. The lowest BCUT2D eigenvalue weighted by atomic mass is 10.1. The first-order valence-electron chi connectivity index (χ1n) is 8.84. The zero-order valence-corrected chi connectivity index (χ0v) is 15.7. The Morgan fingerprint density at radius 3 is 2.70 bits per heavy atom. The monoisotopic (exact) mass is 359 g/mol. The number of pyridine rings is 1. The minimum atomic E-state index is -0.432. The average Bonchev–Trinajstić information content (AvgIpc) is 2.94. The van der Waals surface area contributed by atoms with Gasteiger partial charge in [-0.3, -0.25) is 0 Å². The number of carbonyl (C=O) groups excluding carboxylic acids is 1. The van der Waals surface area contributed by atoms with Gasteiger partial charge in [0.1, 0.15) is 11.7 Å². The van der Waals surface area contributed by atoms with Crippen LogP contribution < -0.4 is 0 Å². The summed E-state index contributed by atoms with van der Waals surface area (Å²) in [6.07, 6.45) is 3.01. The smallest absolute Gasteiger partial charge is 0.330 e. The highest BCUT2D eigenvalue weighted by molar-refractivity contribution is 5.94. The molecule has 0 aliphatic heterocycles. The quantitative estimate of drug-likeness (QED) is 0.507. The van der Waals surface area contributed by atoms with Crippen LogP contribution in [0.3, 0.4) is 0 Å². The Morgan fingerprint density at radius 1 is 1.30 bits per heavy atom. The molecule has 0 bridgehead atoms. The number of hydrogen-bond acceptors (Lipinski definition) is 4. The maximum absolute atomic E-state index is 11.8. The van der Waals surface area contributed by atoms with Crippen LogP contribution in [0.25, 0.3) is 17.1 Å². The van der Waals surface area contributed by atoms with E-state index in [1.807, 2.05) is 54.8 Å². The van der Waals surface area contributed by atoms with Crippen LogP contribution in [0, 0.1) is 25.2 Å². The molecule has 0 amide bonds. The van der Waals surface area contributed by atoms with Crippen LogP contribution in [0.2, 0.25) is 0 Å². The number of nitriles is 1. The van der Waals surface area contributed by atoms with Crippen LogP contribution in [-0.2, 0) is 16.1 Å². The van der Waals surface area contributed by atoms with Crippen molar-refractivity contribution in [2.45, 2.75) is 27.3 Å². The predicted molar refractivity (Wildman–Crippen MR) is 105 cm³/mol. The SMILES string of the molecule is CCOC(=O)/C=C/c1c(C#N)c2c(C)cc(C)nc2n1Cc1ccccc1. The zero-order chi connectivity index (χ0) is 19.4.